The maximum Gasteiger partial charge on any atom is 0.234 e. The Balaban J connectivity index is 1.53. The first kappa shape index (κ1) is 19.8. The van der Waals surface area contributed by atoms with Crippen LogP contribution >= 0.6 is 11.8 Å². The number of amides is 1. The highest BCUT2D eigenvalue weighted by molar-refractivity contribution is 7.99. The van der Waals surface area contributed by atoms with Crippen molar-refractivity contribution in [3.63, 3.8) is 0 Å². The highest BCUT2D eigenvalue weighted by atomic mass is 32.2. The Bertz CT molecular complexity index is 953. The van der Waals surface area contributed by atoms with Gasteiger partial charge in [-0.2, -0.15) is 0 Å². The molecule has 0 aliphatic rings. The van der Waals surface area contributed by atoms with Crippen molar-refractivity contribution in [2.45, 2.75) is 25.3 Å². The molecule has 3 rings (SSSR count). The van der Waals surface area contributed by atoms with Gasteiger partial charge in [-0.3, -0.25) is 9.59 Å². The molecule has 142 valence electrons. The van der Waals surface area contributed by atoms with E-state index in [0.29, 0.717) is 16.3 Å². The predicted molar refractivity (Wildman–Crippen MR) is 113 cm³/mol. The van der Waals surface area contributed by atoms with Crippen LogP contribution in [0.2, 0.25) is 0 Å². The monoisotopic (exact) mass is 391 g/mol. The number of thioether (sulfide) groups is 1. The molecule has 0 aliphatic heterocycles. The van der Waals surface area contributed by atoms with Crippen LogP contribution in [0.3, 0.4) is 0 Å². The first-order valence-corrected chi connectivity index (χ1v) is 10.0. The average Bonchev–Trinajstić information content (AvgIpc) is 2.73. The number of ketones is 1. The Morgan fingerprint density at radius 2 is 1.64 bits per heavy atom. The van der Waals surface area contributed by atoms with E-state index < -0.39 is 0 Å². The molecule has 0 unspecified atom stereocenters. The molecule has 0 spiro atoms. The molecule has 1 aromatic heterocycles. The lowest BCUT2D eigenvalue weighted by molar-refractivity contribution is -0.113. The van der Waals surface area contributed by atoms with Crippen LogP contribution in [-0.2, 0) is 11.2 Å². The molecule has 0 bridgehead atoms. The number of benzene rings is 2. The van der Waals surface area contributed by atoms with Crippen molar-refractivity contribution in [1.29, 1.82) is 0 Å². The molecule has 2 aromatic carbocycles. The lowest BCUT2D eigenvalue weighted by atomic mass is 10.1. The molecule has 1 amide bonds. The second-order valence-corrected chi connectivity index (χ2v) is 7.27. The fourth-order valence-corrected chi connectivity index (χ4v) is 3.20. The Morgan fingerprint density at radius 1 is 0.929 bits per heavy atom. The summed E-state index contributed by atoms with van der Waals surface area (Å²) in [5, 5.41) is 12.0. The Hall–Kier alpha value is -2.99. The number of nitrogens with one attached hydrogen (secondary N) is 1. The predicted octanol–water partition coefficient (Wildman–Crippen LogP) is 4.64. The average molecular weight is 391 g/mol. The van der Waals surface area contributed by atoms with Crippen LogP contribution in [0.15, 0.2) is 65.7 Å². The molecule has 1 N–H and O–H groups in total. The molecule has 28 heavy (non-hydrogen) atoms. The fraction of sp³-hybridized carbons (Fsp3) is 0.182. The Morgan fingerprint density at radius 3 is 2.21 bits per heavy atom. The smallest absolute Gasteiger partial charge is 0.234 e. The Labute approximate surface area is 168 Å². The minimum Gasteiger partial charge on any atom is -0.325 e. The number of nitrogens with zero attached hydrogens (tertiary/aromatic N) is 2. The lowest BCUT2D eigenvalue weighted by Gasteiger charge is -2.06. The van der Waals surface area contributed by atoms with Gasteiger partial charge in [0.05, 0.1) is 11.4 Å². The molecular weight excluding hydrogens is 370 g/mol. The number of Topliss-reactive ketones (excluding diaryl/α,β-unsaturated/α-hetero) is 1. The third kappa shape index (κ3) is 5.27. The van der Waals surface area contributed by atoms with Crippen LogP contribution in [-0.4, -0.2) is 27.6 Å². The standard InChI is InChI=1S/C22H21N3O2S/c1-3-16-4-6-18(7-5-16)20-12-13-22(25-24-20)28-14-21(27)23-19-10-8-17(9-11-19)15(2)26/h4-13H,3,14H2,1-2H3,(H,23,27). The van der Waals surface area contributed by atoms with Crippen LogP contribution in [0, 0.1) is 0 Å². The highest BCUT2D eigenvalue weighted by Gasteiger charge is 2.07. The number of carbonyl (C=O) groups is 2. The minimum atomic E-state index is -0.137. The van der Waals surface area contributed by atoms with Gasteiger partial charge < -0.3 is 5.32 Å². The third-order valence-corrected chi connectivity index (χ3v) is 5.14. The van der Waals surface area contributed by atoms with Gasteiger partial charge in [-0.1, -0.05) is 43.0 Å². The van der Waals surface area contributed by atoms with Gasteiger partial charge in [0.2, 0.25) is 5.91 Å². The van der Waals surface area contributed by atoms with E-state index in [4.69, 9.17) is 0 Å². The third-order valence-electron chi connectivity index (χ3n) is 4.22. The molecule has 0 fully saturated rings. The quantitative estimate of drug-likeness (QED) is 0.469. The lowest BCUT2D eigenvalue weighted by Crippen LogP contribution is -2.14. The zero-order chi connectivity index (χ0) is 19.9. The van der Waals surface area contributed by atoms with Gasteiger partial charge in [-0.25, -0.2) is 0 Å². The SMILES string of the molecule is CCc1ccc(-c2ccc(SCC(=O)Nc3ccc(C(C)=O)cc3)nn2)cc1. The molecule has 3 aromatic rings. The van der Waals surface area contributed by atoms with Gasteiger partial charge in [0.15, 0.2) is 5.78 Å². The van der Waals surface area contributed by atoms with Crippen LogP contribution in [0.1, 0.15) is 29.8 Å². The van der Waals surface area contributed by atoms with Crippen molar-refractivity contribution in [1.82, 2.24) is 10.2 Å². The van der Waals surface area contributed by atoms with Crippen molar-refractivity contribution >= 4 is 29.1 Å². The normalized spacial score (nSPS) is 10.5. The van der Waals surface area contributed by atoms with E-state index in [1.807, 2.05) is 24.3 Å². The largest absolute Gasteiger partial charge is 0.325 e. The number of aryl methyl sites for hydroxylation is 1. The van der Waals surface area contributed by atoms with Crippen molar-refractivity contribution < 1.29 is 9.59 Å². The first-order valence-electron chi connectivity index (χ1n) is 9.02. The van der Waals surface area contributed by atoms with E-state index in [0.717, 1.165) is 17.7 Å². The fourth-order valence-electron chi connectivity index (χ4n) is 2.59. The zero-order valence-electron chi connectivity index (χ0n) is 15.8. The molecule has 1 heterocycles. The summed E-state index contributed by atoms with van der Waals surface area (Å²) in [6, 6.07) is 18.9. The second-order valence-electron chi connectivity index (χ2n) is 6.28. The first-order chi connectivity index (χ1) is 13.5. The van der Waals surface area contributed by atoms with Crippen LogP contribution in [0.4, 0.5) is 5.69 Å². The summed E-state index contributed by atoms with van der Waals surface area (Å²) in [6.07, 6.45) is 1.00. The number of aromatic nitrogens is 2. The van der Waals surface area contributed by atoms with Crippen molar-refractivity contribution in [2.24, 2.45) is 0 Å². The number of hydrogen-bond acceptors (Lipinski definition) is 5. The summed E-state index contributed by atoms with van der Waals surface area (Å²) in [6.45, 7) is 3.63. The Kier molecular flexibility index (Phi) is 6.55. The summed E-state index contributed by atoms with van der Waals surface area (Å²) >= 11 is 1.33. The maximum absolute atomic E-state index is 12.1. The topological polar surface area (TPSA) is 72.0 Å². The summed E-state index contributed by atoms with van der Waals surface area (Å²) < 4.78 is 0. The second kappa shape index (κ2) is 9.28. The summed E-state index contributed by atoms with van der Waals surface area (Å²) in [5.41, 5.74) is 4.39. The van der Waals surface area contributed by atoms with Crippen molar-refractivity contribution in [2.75, 3.05) is 11.1 Å². The van der Waals surface area contributed by atoms with Crippen LogP contribution < -0.4 is 5.32 Å². The van der Waals surface area contributed by atoms with Gasteiger partial charge in [-0.15, -0.1) is 10.2 Å². The summed E-state index contributed by atoms with van der Waals surface area (Å²) in [5.74, 6) is 0.0894. The molecule has 0 saturated heterocycles. The zero-order valence-corrected chi connectivity index (χ0v) is 16.6. The van der Waals surface area contributed by atoms with Gasteiger partial charge >= 0.3 is 0 Å². The number of rotatable bonds is 7. The van der Waals surface area contributed by atoms with Crippen LogP contribution in [0.25, 0.3) is 11.3 Å². The van der Waals surface area contributed by atoms with E-state index in [9.17, 15) is 9.59 Å². The molecule has 0 radical (unpaired) electrons. The van der Waals surface area contributed by atoms with Crippen molar-refractivity contribution in [3.05, 3.63) is 71.8 Å². The van der Waals surface area contributed by atoms with E-state index in [-0.39, 0.29) is 17.4 Å². The molecule has 0 saturated carbocycles. The van der Waals surface area contributed by atoms with E-state index in [2.05, 4.69) is 34.6 Å². The van der Waals surface area contributed by atoms with Gasteiger partial charge in [0.25, 0.3) is 0 Å². The minimum absolute atomic E-state index is 0.00300. The number of anilines is 1. The molecule has 0 atom stereocenters. The van der Waals surface area contributed by atoms with E-state index in [1.165, 1.54) is 24.2 Å². The van der Waals surface area contributed by atoms with Gasteiger partial charge in [0.1, 0.15) is 5.03 Å². The van der Waals surface area contributed by atoms with E-state index in [1.54, 1.807) is 24.3 Å². The van der Waals surface area contributed by atoms with Gasteiger partial charge in [0, 0.05) is 16.8 Å². The highest BCUT2D eigenvalue weighted by Crippen LogP contribution is 2.21. The summed E-state index contributed by atoms with van der Waals surface area (Å²) in [7, 11) is 0. The van der Waals surface area contributed by atoms with Crippen LogP contribution in [0.5, 0.6) is 0 Å². The van der Waals surface area contributed by atoms with Gasteiger partial charge in [-0.05, 0) is 55.3 Å². The maximum atomic E-state index is 12.1. The molecular formula is C22H21N3O2S. The molecule has 5 nitrogen and oxygen atoms in total. The summed E-state index contributed by atoms with van der Waals surface area (Å²) in [4.78, 5) is 23.4. The number of carbonyl (C=O) groups excluding carboxylic acids is 2. The van der Waals surface area contributed by atoms with Crippen molar-refractivity contribution in [3.8, 4) is 11.3 Å². The molecule has 6 heteroatoms. The molecule has 0 aliphatic carbocycles. The van der Waals surface area contributed by atoms with E-state index >= 15 is 0 Å². The number of hydrogen-bond donors (Lipinski definition) is 1.